The first-order valence-corrected chi connectivity index (χ1v) is 13.4. The molecule has 0 spiro atoms. The average molecular weight is 653 g/mol. The fourth-order valence-corrected chi connectivity index (χ4v) is 5.38. The highest BCUT2D eigenvalue weighted by Gasteiger charge is 2.37. The van der Waals surface area contributed by atoms with Gasteiger partial charge in [0.25, 0.3) is 11.8 Å². The lowest BCUT2D eigenvalue weighted by Crippen LogP contribution is -2.54. The molecule has 0 atom stereocenters. The third-order valence-corrected chi connectivity index (χ3v) is 7.54. The third kappa shape index (κ3) is 5.63. The number of nitrogens with one attached hydrogen (secondary N) is 1. The van der Waals surface area contributed by atoms with Crippen molar-refractivity contribution in [3.8, 4) is 11.5 Å². The molecule has 1 fully saturated rings. The number of anilines is 1. The van der Waals surface area contributed by atoms with Gasteiger partial charge in [-0.3, -0.25) is 14.9 Å². The molecule has 9 nitrogen and oxygen atoms in total. The number of barbiturate groups is 1. The zero-order valence-electron chi connectivity index (χ0n) is 19.3. The van der Waals surface area contributed by atoms with Crippen molar-refractivity contribution in [3.05, 3.63) is 86.0 Å². The number of rotatable bonds is 6. The summed E-state index contributed by atoms with van der Waals surface area (Å²) in [4.78, 5) is 38.8. The molecule has 37 heavy (non-hydrogen) atoms. The van der Waals surface area contributed by atoms with E-state index in [4.69, 9.17) is 20.5 Å². The largest absolute Gasteiger partial charge is 0.493 e. The van der Waals surface area contributed by atoms with Gasteiger partial charge in [0.05, 0.1) is 16.4 Å². The van der Waals surface area contributed by atoms with Crippen LogP contribution in [0.3, 0.4) is 0 Å². The van der Waals surface area contributed by atoms with Gasteiger partial charge >= 0.3 is 16.1 Å². The summed E-state index contributed by atoms with van der Waals surface area (Å²) in [6, 6.07) is 14.2. The van der Waals surface area contributed by atoms with E-state index in [1.807, 2.05) is 29.5 Å². The van der Waals surface area contributed by atoms with E-state index in [0.29, 0.717) is 14.2 Å². The van der Waals surface area contributed by atoms with Crippen LogP contribution in [-0.4, -0.2) is 33.4 Å². The minimum atomic E-state index is -4.16. The quantitative estimate of drug-likeness (QED) is 0.178. The average Bonchev–Trinajstić information content (AvgIpc) is 2.84. The van der Waals surface area contributed by atoms with Crippen LogP contribution in [0, 0.1) is 10.5 Å². The van der Waals surface area contributed by atoms with Crippen LogP contribution in [0.2, 0.25) is 5.02 Å². The number of ether oxygens (including phenoxy) is 1. The molecule has 0 aromatic heterocycles. The Labute approximate surface area is 231 Å². The molecule has 1 heterocycles. The maximum absolute atomic E-state index is 13.1. The lowest BCUT2D eigenvalue weighted by Gasteiger charge is -2.26. The van der Waals surface area contributed by atoms with E-state index < -0.39 is 28.0 Å². The fraction of sp³-hybridized carbons (Fsp3) is 0.0800. The molecule has 0 unspecified atom stereocenters. The van der Waals surface area contributed by atoms with E-state index in [9.17, 15) is 22.8 Å². The molecule has 3 aromatic rings. The summed E-state index contributed by atoms with van der Waals surface area (Å²) in [5.74, 6) is -1.71. The lowest BCUT2D eigenvalue weighted by molar-refractivity contribution is -0.122. The van der Waals surface area contributed by atoms with E-state index in [1.165, 1.54) is 61.7 Å². The van der Waals surface area contributed by atoms with Crippen LogP contribution in [0.4, 0.5) is 10.5 Å². The van der Waals surface area contributed by atoms with Crippen LogP contribution < -0.4 is 19.1 Å². The molecule has 4 rings (SSSR count). The zero-order valence-corrected chi connectivity index (χ0v) is 23.0. The summed E-state index contributed by atoms with van der Waals surface area (Å²) < 4.78 is 36.7. The van der Waals surface area contributed by atoms with Crippen LogP contribution in [0.25, 0.3) is 6.08 Å². The van der Waals surface area contributed by atoms with Crippen molar-refractivity contribution in [3.63, 3.8) is 0 Å². The van der Waals surface area contributed by atoms with Crippen molar-refractivity contribution in [1.82, 2.24) is 5.32 Å². The lowest BCUT2D eigenvalue weighted by atomic mass is 10.1. The first-order chi connectivity index (χ1) is 17.5. The second-order valence-electron chi connectivity index (χ2n) is 7.82. The molecule has 1 aliphatic rings. The predicted octanol–water partition coefficient (Wildman–Crippen LogP) is 4.70. The smallest absolute Gasteiger partial charge is 0.339 e. The molecule has 190 valence electrons. The molecule has 1 saturated heterocycles. The predicted molar refractivity (Wildman–Crippen MR) is 145 cm³/mol. The van der Waals surface area contributed by atoms with Gasteiger partial charge in [0, 0.05) is 5.02 Å². The minimum absolute atomic E-state index is 0.0291. The van der Waals surface area contributed by atoms with Crippen LogP contribution in [-0.2, 0) is 19.7 Å². The highest BCUT2D eigenvalue weighted by atomic mass is 127. The summed E-state index contributed by atoms with van der Waals surface area (Å²) in [5, 5.41) is 2.55. The number of halogens is 2. The first-order valence-electron chi connectivity index (χ1n) is 10.6. The molecule has 1 N–H and O–H groups in total. The maximum atomic E-state index is 13.1. The van der Waals surface area contributed by atoms with Crippen molar-refractivity contribution >= 4 is 73.9 Å². The Morgan fingerprint density at radius 1 is 1.00 bits per heavy atom. The second kappa shape index (κ2) is 10.5. The number of carbonyl (C=O) groups excluding carboxylic acids is 3. The normalized spacial score (nSPS) is 15.1. The van der Waals surface area contributed by atoms with Crippen molar-refractivity contribution in [2.75, 3.05) is 12.0 Å². The van der Waals surface area contributed by atoms with E-state index in [0.717, 1.165) is 10.5 Å². The SMILES string of the molecule is COc1cc(/C=C2\C(=O)NC(=O)N(c3ccc(Cl)cc3)C2=O)cc(I)c1OS(=O)(=O)c1ccc(C)cc1. The topological polar surface area (TPSA) is 119 Å². The molecule has 0 bridgehead atoms. The Bertz CT molecular complexity index is 1550. The Hall–Kier alpha value is -3.42. The van der Waals surface area contributed by atoms with Crippen LogP contribution in [0.1, 0.15) is 11.1 Å². The molecule has 4 amide bonds. The third-order valence-electron chi connectivity index (χ3n) is 5.25. The van der Waals surface area contributed by atoms with Gasteiger partial charge in [-0.05, 0) is 89.7 Å². The Kier molecular flexibility index (Phi) is 7.57. The number of hydrogen-bond donors (Lipinski definition) is 1. The van der Waals surface area contributed by atoms with Crippen molar-refractivity contribution in [2.24, 2.45) is 0 Å². The Balaban J connectivity index is 1.69. The number of urea groups is 1. The molecule has 0 saturated carbocycles. The Morgan fingerprint density at radius 3 is 2.27 bits per heavy atom. The molecule has 0 radical (unpaired) electrons. The van der Waals surface area contributed by atoms with Gasteiger partial charge in [-0.1, -0.05) is 29.3 Å². The molecule has 12 heteroatoms. The summed E-state index contributed by atoms with van der Waals surface area (Å²) in [6.07, 6.45) is 1.27. The van der Waals surface area contributed by atoms with Gasteiger partial charge in [-0.15, -0.1) is 0 Å². The molecular weight excluding hydrogens is 635 g/mol. The highest BCUT2D eigenvalue weighted by molar-refractivity contribution is 14.1. The number of methoxy groups -OCH3 is 1. The molecule has 0 aliphatic carbocycles. The second-order valence-corrected chi connectivity index (χ2v) is 11.0. The van der Waals surface area contributed by atoms with Gasteiger partial charge in [0.2, 0.25) is 0 Å². The summed E-state index contributed by atoms with van der Waals surface area (Å²) >= 11 is 7.75. The fourth-order valence-electron chi connectivity index (χ4n) is 3.42. The van der Waals surface area contributed by atoms with Gasteiger partial charge < -0.3 is 8.92 Å². The molecule has 1 aliphatic heterocycles. The van der Waals surface area contributed by atoms with Crippen molar-refractivity contribution < 1.29 is 31.7 Å². The van der Waals surface area contributed by atoms with E-state index in [2.05, 4.69) is 5.32 Å². The number of nitrogens with zero attached hydrogens (tertiary/aromatic N) is 1. The van der Waals surface area contributed by atoms with Crippen LogP contribution in [0.5, 0.6) is 11.5 Å². The van der Waals surface area contributed by atoms with E-state index in [1.54, 1.807) is 12.1 Å². The van der Waals surface area contributed by atoms with Crippen LogP contribution in [0.15, 0.2) is 71.1 Å². The van der Waals surface area contributed by atoms with Gasteiger partial charge in [0.15, 0.2) is 11.5 Å². The summed E-state index contributed by atoms with van der Waals surface area (Å²) in [7, 11) is -2.84. The number of amides is 4. The van der Waals surface area contributed by atoms with E-state index in [-0.39, 0.29) is 27.7 Å². The number of benzene rings is 3. The van der Waals surface area contributed by atoms with Gasteiger partial charge in [-0.25, -0.2) is 9.69 Å². The summed E-state index contributed by atoms with van der Waals surface area (Å²) in [6.45, 7) is 1.83. The standard InChI is InChI=1S/C25H18ClIN2O7S/c1-14-3-9-18(10-4-14)37(33,34)36-22-20(27)12-15(13-21(22)35-2)11-19-23(30)28-25(32)29(24(19)31)17-7-5-16(26)6-8-17/h3-13H,1-2H3,(H,28,30,32)/b19-11+. The van der Waals surface area contributed by atoms with Crippen LogP contribution >= 0.6 is 34.2 Å². The van der Waals surface area contributed by atoms with Crippen molar-refractivity contribution in [2.45, 2.75) is 11.8 Å². The zero-order chi connectivity index (χ0) is 26.9. The molecule has 3 aromatic carbocycles. The first kappa shape index (κ1) is 26.6. The van der Waals surface area contributed by atoms with Crippen molar-refractivity contribution in [1.29, 1.82) is 0 Å². The van der Waals surface area contributed by atoms with Gasteiger partial charge in [0.1, 0.15) is 10.5 Å². The highest BCUT2D eigenvalue weighted by Crippen LogP contribution is 2.37. The number of hydrogen-bond acceptors (Lipinski definition) is 7. The van der Waals surface area contributed by atoms with Gasteiger partial charge in [-0.2, -0.15) is 8.42 Å². The van der Waals surface area contributed by atoms with E-state index >= 15 is 0 Å². The number of aryl methyl sites for hydroxylation is 1. The number of carbonyl (C=O) groups is 3. The minimum Gasteiger partial charge on any atom is -0.493 e. The summed E-state index contributed by atoms with van der Waals surface area (Å²) in [5.41, 5.74) is 1.14. The monoisotopic (exact) mass is 652 g/mol. The molecular formula is C25H18ClIN2O7S. The Morgan fingerprint density at radius 2 is 1.65 bits per heavy atom. The maximum Gasteiger partial charge on any atom is 0.339 e. The number of imide groups is 2.